The van der Waals surface area contributed by atoms with Crippen LogP contribution >= 0.6 is 0 Å². The predicted octanol–water partition coefficient (Wildman–Crippen LogP) is 1.32. The molecular formula is C16H18N4O2. The van der Waals surface area contributed by atoms with E-state index in [1.807, 2.05) is 42.3 Å². The molecule has 0 fully saturated rings. The second kappa shape index (κ2) is 5.75. The van der Waals surface area contributed by atoms with E-state index in [0.29, 0.717) is 23.7 Å². The van der Waals surface area contributed by atoms with Gasteiger partial charge >= 0.3 is 0 Å². The highest BCUT2D eigenvalue weighted by Gasteiger charge is 2.29. The number of anilines is 2. The zero-order chi connectivity index (χ0) is 15.7. The SMILES string of the molecule is CN(Cc1ccc2c(c1)C[C@H](N)C(=O)N2O)c1ccccn1. The van der Waals surface area contributed by atoms with Gasteiger partial charge in [-0.1, -0.05) is 18.2 Å². The molecule has 114 valence electrons. The van der Waals surface area contributed by atoms with Crippen LogP contribution in [0.3, 0.4) is 0 Å². The minimum atomic E-state index is -0.693. The van der Waals surface area contributed by atoms with Crippen molar-refractivity contribution in [1.82, 2.24) is 4.98 Å². The van der Waals surface area contributed by atoms with E-state index in [2.05, 4.69) is 4.98 Å². The molecule has 2 aromatic rings. The molecule has 1 aromatic heterocycles. The van der Waals surface area contributed by atoms with Crippen molar-refractivity contribution >= 4 is 17.4 Å². The van der Waals surface area contributed by atoms with E-state index < -0.39 is 11.9 Å². The molecule has 1 aromatic carbocycles. The van der Waals surface area contributed by atoms with E-state index in [0.717, 1.165) is 16.9 Å². The minimum absolute atomic E-state index is 0.437. The summed E-state index contributed by atoms with van der Waals surface area (Å²) < 4.78 is 0. The Kier molecular flexibility index (Phi) is 3.79. The molecule has 0 saturated carbocycles. The van der Waals surface area contributed by atoms with E-state index in [1.165, 1.54) is 0 Å². The topological polar surface area (TPSA) is 82.7 Å². The fraction of sp³-hybridized carbons (Fsp3) is 0.250. The third kappa shape index (κ3) is 2.66. The summed E-state index contributed by atoms with van der Waals surface area (Å²) in [5.41, 5.74) is 8.21. The van der Waals surface area contributed by atoms with Gasteiger partial charge in [0, 0.05) is 19.8 Å². The Balaban J connectivity index is 1.82. The molecule has 0 aliphatic carbocycles. The molecule has 1 aliphatic heterocycles. The molecule has 0 spiro atoms. The van der Waals surface area contributed by atoms with Gasteiger partial charge in [-0.15, -0.1) is 0 Å². The van der Waals surface area contributed by atoms with Crippen molar-refractivity contribution in [2.24, 2.45) is 5.73 Å². The molecule has 0 unspecified atom stereocenters. The number of carbonyl (C=O) groups excluding carboxylic acids is 1. The lowest BCUT2D eigenvalue weighted by Crippen LogP contribution is -2.47. The number of pyridine rings is 1. The van der Waals surface area contributed by atoms with Crippen molar-refractivity contribution in [2.75, 3.05) is 17.0 Å². The number of amides is 1. The molecule has 2 heterocycles. The summed E-state index contributed by atoms with van der Waals surface area (Å²) in [6.45, 7) is 0.679. The van der Waals surface area contributed by atoms with Crippen LogP contribution < -0.4 is 15.7 Å². The normalized spacial score (nSPS) is 17.3. The fourth-order valence-electron chi connectivity index (χ4n) is 2.64. The van der Waals surface area contributed by atoms with Crippen molar-refractivity contribution in [2.45, 2.75) is 19.0 Å². The van der Waals surface area contributed by atoms with Crippen molar-refractivity contribution in [1.29, 1.82) is 0 Å². The number of nitrogens with two attached hydrogens (primary N) is 1. The first kappa shape index (κ1) is 14.5. The van der Waals surface area contributed by atoms with Crippen LogP contribution in [0.1, 0.15) is 11.1 Å². The number of aromatic nitrogens is 1. The lowest BCUT2D eigenvalue weighted by molar-refractivity contribution is -0.125. The van der Waals surface area contributed by atoms with Crippen LogP contribution in [0.5, 0.6) is 0 Å². The smallest absolute Gasteiger partial charge is 0.267 e. The summed E-state index contributed by atoms with van der Waals surface area (Å²) in [4.78, 5) is 18.0. The average Bonchev–Trinajstić information content (AvgIpc) is 2.53. The van der Waals surface area contributed by atoms with E-state index in [1.54, 1.807) is 12.3 Å². The maximum atomic E-state index is 11.7. The molecule has 0 radical (unpaired) electrons. The number of hydroxylamine groups is 1. The number of fused-ring (bicyclic) bond motifs is 1. The van der Waals surface area contributed by atoms with Crippen LogP contribution in [0.4, 0.5) is 11.5 Å². The lowest BCUT2D eigenvalue weighted by Gasteiger charge is -2.28. The third-order valence-corrected chi connectivity index (χ3v) is 3.80. The van der Waals surface area contributed by atoms with Gasteiger partial charge in [-0.05, 0) is 35.7 Å². The van der Waals surface area contributed by atoms with Gasteiger partial charge in [0.05, 0.1) is 11.7 Å². The summed E-state index contributed by atoms with van der Waals surface area (Å²) in [7, 11) is 1.97. The molecule has 3 rings (SSSR count). The Labute approximate surface area is 128 Å². The van der Waals surface area contributed by atoms with Crippen molar-refractivity contribution in [3.8, 4) is 0 Å². The Morgan fingerprint density at radius 3 is 2.95 bits per heavy atom. The summed E-state index contributed by atoms with van der Waals surface area (Å²) in [6, 6.07) is 10.7. The predicted molar refractivity (Wildman–Crippen MR) is 83.7 cm³/mol. The van der Waals surface area contributed by atoms with Gasteiger partial charge in [0.1, 0.15) is 5.82 Å². The van der Waals surface area contributed by atoms with Gasteiger partial charge in [0.2, 0.25) is 0 Å². The average molecular weight is 298 g/mol. The maximum Gasteiger partial charge on any atom is 0.267 e. The van der Waals surface area contributed by atoms with Crippen molar-refractivity contribution in [3.05, 3.63) is 53.7 Å². The Morgan fingerprint density at radius 1 is 1.41 bits per heavy atom. The number of rotatable bonds is 3. The van der Waals surface area contributed by atoms with Crippen LogP contribution in [0.25, 0.3) is 0 Å². The lowest BCUT2D eigenvalue weighted by atomic mass is 9.97. The van der Waals surface area contributed by atoms with Gasteiger partial charge in [-0.25, -0.2) is 4.98 Å². The molecule has 3 N–H and O–H groups in total. The second-order valence-corrected chi connectivity index (χ2v) is 5.47. The van der Waals surface area contributed by atoms with E-state index in [9.17, 15) is 10.0 Å². The molecule has 22 heavy (non-hydrogen) atoms. The molecule has 0 bridgehead atoms. The van der Waals surface area contributed by atoms with Gasteiger partial charge in [0.15, 0.2) is 0 Å². The molecule has 1 aliphatic rings. The van der Waals surface area contributed by atoms with Gasteiger partial charge in [-0.3, -0.25) is 10.0 Å². The standard InChI is InChI=1S/C16H18N4O2/c1-19(15-4-2-3-7-18-15)10-11-5-6-14-12(8-11)9-13(17)16(21)20(14)22/h2-8,13,22H,9-10,17H2,1H3/t13-/m0/s1. The Hall–Kier alpha value is -2.44. The summed E-state index contributed by atoms with van der Waals surface area (Å²) in [5.74, 6) is 0.418. The van der Waals surface area contributed by atoms with Crippen LogP contribution in [0.15, 0.2) is 42.6 Å². The second-order valence-electron chi connectivity index (χ2n) is 5.47. The van der Waals surface area contributed by atoms with Crippen LogP contribution in [-0.2, 0) is 17.8 Å². The third-order valence-electron chi connectivity index (χ3n) is 3.80. The number of nitrogens with zero attached hydrogens (tertiary/aromatic N) is 3. The zero-order valence-electron chi connectivity index (χ0n) is 12.3. The molecule has 6 heteroatoms. The molecule has 1 amide bonds. The Bertz CT molecular complexity index is 690. The van der Waals surface area contributed by atoms with Gasteiger partial charge in [-0.2, -0.15) is 5.06 Å². The molecule has 1 atom stereocenters. The highest BCUT2D eigenvalue weighted by atomic mass is 16.5. The van der Waals surface area contributed by atoms with Crippen LogP contribution in [-0.4, -0.2) is 29.2 Å². The van der Waals surface area contributed by atoms with Crippen molar-refractivity contribution < 1.29 is 10.0 Å². The zero-order valence-corrected chi connectivity index (χ0v) is 12.3. The maximum absolute atomic E-state index is 11.7. The summed E-state index contributed by atoms with van der Waals surface area (Å²) in [5, 5.41) is 10.5. The summed E-state index contributed by atoms with van der Waals surface area (Å²) >= 11 is 0. The van der Waals surface area contributed by atoms with E-state index >= 15 is 0 Å². The van der Waals surface area contributed by atoms with Crippen molar-refractivity contribution in [3.63, 3.8) is 0 Å². The van der Waals surface area contributed by atoms with E-state index in [-0.39, 0.29) is 0 Å². The summed E-state index contributed by atoms with van der Waals surface area (Å²) in [6.07, 6.45) is 2.19. The monoisotopic (exact) mass is 298 g/mol. The first-order valence-corrected chi connectivity index (χ1v) is 7.08. The largest absolute Gasteiger partial charge is 0.355 e. The fourth-order valence-corrected chi connectivity index (χ4v) is 2.64. The van der Waals surface area contributed by atoms with Gasteiger partial charge < -0.3 is 10.6 Å². The Morgan fingerprint density at radius 2 is 2.23 bits per heavy atom. The first-order valence-electron chi connectivity index (χ1n) is 7.08. The molecule has 6 nitrogen and oxygen atoms in total. The van der Waals surface area contributed by atoms with Crippen LogP contribution in [0.2, 0.25) is 0 Å². The number of benzene rings is 1. The quantitative estimate of drug-likeness (QED) is 0.835. The number of hydrogen-bond donors (Lipinski definition) is 2. The van der Waals surface area contributed by atoms with E-state index in [4.69, 9.17) is 5.73 Å². The first-order chi connectivity index (χ1) is 10.6. The molecule has 0 saturated heterocycles. The highest BCUT2D eigenvalue weighted by Crippen LogP contribution is 2.27. The number of hydrogen-bond acceptors (Lipinski definition) is 5. The van der Waals surface area contributed by atoms with Crippen LogP contribution in [0, 0.1) is 0 Å². The van der Waals surface area contributed by atoms with Gasteiger partial charge in [0.25, 0.3) is 5.91 Å². The number of carbonyl (C=O) groups is 1. The minimum Gasteiger partial charge on any atom is -0.355 e. The molecular weight excluding hydrogens is 280 g/mol. The highest BCUT2D eigenvalue weighted by molar-refractivity contribution is 5.98.